The molecule has 0 saturated carbocycles. The molecule has 3 aromatic rings. The number of benzene rings is 2. The largest absolute Gasteiger partial charge is 0.478 e. The molecule has 0 aliphatic rings. The first-order chi connectivity index (χ1) is 9.61. The minimum atomic E-state index is -0.976. The van der Waals surface area contributed by atoms with Crippen LogP contribution in [0.25, 0.3) is 11.1 Å². The zero-order chi connectivity index (χ0) is 14.1. The SMILES string of the molecule is Cc1cccc(Sc2nc3ccc(C(=O)O)cc3o2)c1. The highest BCUT2D eigenvalue weighted by Gasteiger charge is 2.10. The van der Waals surface area contributed by atoms with Crippen molar-refractivity contribution in [2.45, 2.75) is 17.0 Å². The van der Waals surface area contributed by atoms with Crippen molar-refractivity contribution in [1.82, 2.24) is 4.98 Å². The quantitative estimate of drug-likeness (QED) is 0.788. The zero-order valence-electron chi connectivity index (χ0n) is 10.7. The number of carboxylic acid groups (broad SMARTS) is 1. The van der Waals surface area contributed by atoms with Crippen LogP contribution in [0.4, 0.5) is 0 Å². The van der Waals surface area contributed by atoms with Gasteiger partial charge in [-0.1, -0.05) is 17.7 Å². The molecule has 0 bridgehead atoms. The number of hydrogen-bond donors (Lipinski definition) is 1. The molecule has 1 aromatic heterocycles. The number of rotatable bonds is 3. The third kappa shape index (κ3) is 2.53. The molecule has 1 heterocycles. The van der Waals surface area contributed by atoms with Crippen molar-refractivity contribution in [2.75, 3.05) is 0 Å². The Labute approximate surface area is 119 Å². The van der Waals surface area contributed by atoms with E-state index in [-0.39, 0.29) is 5.56 Å². The van der Waals surface area contributed by atoms with Gasteiger partial charge < -0.3 is 9.52 Å². The van der Waals surface area contributed by atoms with Crippen LogP contribution in [0.5, 0.6) is 0 Å². The van der Waals surface area contributed by atoms with Crippen molar-refractivity contribution in [2.24, 2.45) is 0 Å². The summed E-state index contributed by atoms with van der Waals surface area (Å²) in [7, 11) is 0. The molecule has 0 aliphatic heterocycles. The normalized spacial score (nSPS) is 10.8. The molecule has 0 unspecified atom stereocenters. The van der Waals surface area contributed by atoms with E-state index in [1.54, 1.807) is 6.07 Å². The number of aromatic carboxylic acids is 1. The Hall–Kier alpha value is -2.27. The van der Waals surface area contributed by atoms with Gasteiger partial charge in [0.2, 0.25) is 0 Å². The van der Waals surface area contributed by atoms with E-state index in [2.05, 4.69) is 4.98 Å². The van der Waals surface area contributed by atoms with E-state index in [0.717, 1.165) is 4.90 Å². The van der Waals surface area contributed by atoms with Gasteiger partial charge in [-0.15, -0.1) is 0 Å². The number of fused-ring (bicyclic) bond motifs is 1. The maximum atomic E-state index is 10.9. The molecule has 0 radical (unpaired) electrons. The van der Waals surface area contributed by atoms with Gasteiger partial charge in [0.25, 0.3) is 5.22 Å². The van der Waals surface area contributed by atoms with Gasteiger partial charge in [-0.05, 0) is 49.0 Å². The Morgan fingerprint density at radius 3 is 2.85 bits per heavy atom. The van der Waals surface area contributed by atoms with Crippen LogP contribution < -0.4 is 0 Å². The lowest BCUT2D eigenvalue weighted by molar-refractivity contribution is 0.0697. The first-order valence-corrected chi connectivity index (χ1v) is 6.82. The first-order valence-electron chi connectivity index (χ1n) is 6.00. The number of aromatic nitrogens is 1. The minimum Gasteiger partial charge on any atom is -0.478 e. The standard InChI is InChI=1S/C15H11NO3S/c1-9-3-2-4-11(7-9)20-15-16-12-6-5-10(14(17)18)8-13(12)19-15/h2-8H,1H3,(H,17,18). The molecule has 20 heavy (non-hydrogen) atoms. The van der Waals surface area contributed by atoms with Crippen LogP contribution in [-0.2, 0) is 0 Å². The summed E-state index contributed by atoms with van der Waals surface area (Å²) in [5.41, 5.74) is 2.50. The van der Waals surface area contributed by atoms with Crippen molar-refractivity contribution >= 4 is 28.8 Å². The summed E-state index contributed by atoms with van der Waals surface area (Å²) in [5.74, 6) is -0.976. The molecule has 0 atom stereocenters. The van der Waals surface area contributed by atoms with Crippen molar-refractivity contribution in [3.63, 3.8) is 0 Å². The van der Waals surface area contributed by atoms with Crippen LogP contribution in [-0.4, -0.2) is 16.1 Å². The first kappa shape index (κ1) is 12.7. The lowest BCUT2D eigenvalue weighted by Gasteiger charge is -1.97. The lowest BCUT2D eigenvalue weighted by atomic mass is 10.2. The summed E-state index contributed by atoms with van der Waals surface area (Å²) < 4.78 is 5.59. The maximum Gasteiger partial charge on any atom is 0.335 e. The highest BCUT2D eigenvalue weighted by Crippen LogP contribution is 2.30. The molecule has 2 aromatic carbocycles. The molecule has 5 heteroatoms. The monoisotopic (exact) mass is 285 g/mol. The summed E-state index contributed by atoms with van der Waals surface area (Å²) in [5, 5.41) is 9.46. The van der Waals surface area contributed by atoms with Crippen LogP contribution >= 0.6 is 11.8 Å². The fourth-order valence-corrected chi connectivity index (χ4v) is 2.73. The summed E-state index contributed by atoms with van der Waals surface area (Å²) in [6.45, 7) is 2.02. The van der Waals surface area contributed by atoms with Gasteiger partial charge in [0.05, 0.1) is 5.56 Å². The van der Waals surface area contributed by atoms with E-state index in [1.807, 2.05) is 31.2 Å². The molecule has 0 amide bonds. The lowest BCUT2D eigenvalue weighted by Crippen LogP contribution is -1.94. The Morgan fingerprint density at radius 1 is 1.25 bits per heavy atom. The minimum absolute atomic E-state index is 0.195. The third-order valence-electron chi connectivity index (χ3n) is 2.81. The molecule has 0 aliphatic carbocycles. The Kier molecular flexibility index (Phi) is 3.20. The number of nitrogens with zero attached hydrogens (tertiary/aromatic N) is 1. The average Bonchev–Trinajstić information content (AvgIpc) is 2.79. The second-order valence-electron chi connectivity index (χ2n) is 4.39. The maximum absolute atomic E-state index is 10.9. The molecule has 0 saturated heterocycles. The van der Waals surface area contributed by atoms with Gasteiger partial charge in [-0.3, -0.25) is 0 Å². The van der Waals surface area contributed by atoms with Gasteiger partial charge in [0.1, 0.15) is 5.52 Å². The number of carboxylic acids is 1. The predicted octanol–water partition coefficient (Wildman–Crippen LogP) is 3.99. The van der Waals surface area contributed by atoms with Gasteiger partial charge in [-0.2, -0.15) is 0 Å². The summed E-state index contributed by atoms with van der Waals surface area (Å²) in [6, 6.07) is 12.7. The third-order valence-corrected chi connectivity index (χ3v) is 3.65. The van der Waals surface area contributed by atoms with E-state index in [0.29, 0.717) is 16.3 Å². The molecule has 3 rings (SSSR count). The van der Waals surface area contributed by atoms with Crippen LogP contribution in [0.15, 0.2) is 57.0 Å². The molecule has 1 N–H and O–H groups in total. The summed E-state index contributed by atoms with van der Waals surface area (Å²) in [4.78, 5) is 16.3. The molecular formula is C15H11NO3S. The molecular weight excluding hydrogens is 274 g/mol. The second-order valence-corrected chi connectivity index (χ2v) is 5.41. The van der Waals surface area contributed by atoms with Crippen LogP contribution in [0, 0.1) is 6.92 Å². The van der Waals surface area contributed by atoms with Gasteiger partial charge >= 0.3 is 5.97 Å². The van der Waals surface area contributed by atoms with E-state index < -0.39 is 5.97 Å². The predicted molar refractivity (Wildman–Crippen MR) is 76.3 cm³/mol. The van der Waals surface area contributed by atoms with Gasteiger partial charge in [0, 0.05) is 4.90 Å². The van der Waals surface area contributed by atoms with Crippen molar-refractivity contribution < 1.29 is 14.3 Å². The van der Waals surface area contributed by atoms with E-state index in [4.69, 9.17) is 9.52 Å². The number of hydrogen-bond acceptors (Lipinski definition) is 4. The fourth-order valence-electron chi connectivity index (χ4n) is 1.86. The number of aryl methyl sites for hydroxylation is 1. The topological polar surface area (TPSA) is 63.3 Å². The fraction of sp³-hybridized carbons (Fsp3) is 0.0667. The van der Waals surface area contributed by atoms with E-state index in [1.165, 1.54) is 29.5 Å². The molecule has 0 fully saturated rings. The molecule has 4 nitrogen and oxygen atoms in total. The Morgan fingerprint density at radius 2 is 2.10 bits per heavy atom. The van der Waals surface area contributed by atoms with E-state index in [9.17, 15) is 4.79 Å². The van der Waals surface area contributed by atoms with Crippen LogP contribution in [0.2, 0.25) is 0 Å². The molecule has 100 valence electrons. The van der Waals surface area contributed by atoms with Gasteiger partial charge in [-0.25, -0.2) is 9.78 Å². The molecule has 0 spiro atoms. The van der Waals surface area contributed by atoms with Crippen molar-refractivity contribution in [3.8, 4) is 0 Å². The van der Waals surface area contributed by atoms with Crippen molar-refractivity contribution in [3.05, 3.63) is 53.6 Å². The Bertz CT molecular complexity index is 795. The van der Waals surface area contributed by atoms with Crippen LogP contribution in [0.1, 0.15) is 15.9 Å². The average molecular weight is 285 g/mol. The zero-order valence-corrected chi connectivity index (χ0v) is 11.5. The Balaban J connectivity index is 1.95. The highest BCUT2D eigenvalue weighted by molar-refractivity contribution is 7.99. The van der Waals surface area contributed by atoms with Gasteiger partial charge in [0.15, 0.2) is 5.58 Å². The number of carbonyl (C=O) groups is 1. The second kappa shape index (κ2) is 5.02. The van der Waals surface area contributed by atoms with E-state index >= 15 is 0 Å². The van der Waals surface area contributed by atoms with Crippen LogP contribution in [0.3, 0.4) is 0 Å². The van der Waals surface area contributed by atoms with Crippen molar-refractivity contribution in [1.29, 1.82) is 0 Å². The summed E-state index contributed by atoms with van der Waals surface area (Å²) in [6.07, 6.45) is 0. The summed E-state index contributed by atoms with van der Waals surface area (Å²) >= 11 is 1.42. The smallest absolute Gasteiger partial charge is 0.335 e. The highest BCUT2D eigenvalue weighted by atomic mass is 32.2. The number of oxazole rings is 1.